The van der Waals surface area contributed by atoms with Gasteiger partial charge in [0.05, 0.1) is 12.7 Å². The number of aliphatic hydroxyl groups is 1. The van der Waals surface area contributed by atoms with E-state index in [0.717, 1.165) is 5.56 Å². The van der Waals surface area contributed by atoms with Crippen LogP contribution in [0.25, 0.3) is 0 Å². The summed E-state index contributed by atoms with van der Waals surface area (Å²) in [4.78, 5) is 0. The van der Waals surface area contributed by atoms with Gasteiger partial charge < -0.3 is 14.6 Å². The van der Waals surface area contributed by atoms with Crippen molar-refractivity contribution in [3.8, 4) is 0 Å². The maximum atomic E-state index is 8.88. The van der Waals surface area contributed by atoms with E-state index in [1.54, 1.807) is 6.08 Å². The Morgan fingerprint density at radius 3 is 2.58 bits per heavy atom. The molecule has 0 unspecified atom stereocenters. The van der Waals surface area contributed by atoms with E-state index in [2.05, 4.69) is 19.1 Å². The molecule has 0 bridgehead atoms. The molecule has 19 heavy (non-hydrogen) atoms. The first-order chi connectivity index (χ1) is 9.03. The van der Waals surface area contributed by atoms with E-state index in [9.17, 15) is 0 Å². The number of ether oxygens (including phenoxy) is 2. The molecular weight excluding hydrogens is 240 g/mol. The lowest BCUT2D eigenvalue weighted by molar-refractivity contribution is -0.149. The Morgan fingerprint density at radius 1 is 1.26 bits per heavy atom. The molecule has 1 N–H and O–H groups in total. The molecule has 0 radical (unpaired) electrons. The Kier molecular flexibility index (Phi) is 4.40. The van der Waals surface area contributed by atoms with Crippen LogP contribution >= 0.6 is 0 Å². The molecule has 2 rings (SSSR count). The molecule has 1 aliphatic rings. The summed E-state index contributed by atoms with van der Waals surface area (Å²) in [6.07, 6.45) is 3.61. The van der Waals surface area contributed by atoms with Crippen LogP contribution in [-0.2, 0) is 9.47 Å². The Hall–Kier alpha value is -1.16. The van der Waals surface area contributed by atoms with Gasteiger partial charge in [-0.05, 0) is 19.4 Å². The van der Waals surface area contributed by atoms with Crippen LogP contribution in [0.4, 0.5) is 0 Å². The monoisotopic (exact) mass is 262 g/mol. The molecule has 0 saturated carbocycles. The fourth-order valence-corrected chi connectivity index (χ4v) is 2.46. The lowest BCUT2D eigenvalue weighted by atomic mass is 9.94. The van der Waals surface area contributed by atoms with Crippen molar-refractivity contribution in [2.75, 3.05) is 6.61 Å². The van der Waals surface area contributed by atoms with Gasteiger partial charge in [0.25, 0.3) is 0 Å². The molecule has 3 atom stereocenters. The van der Waals surface area contributed by atoms with Crippen LogP contribution < -0.4 is 0 Å². The summed E-state index contributed by atoms with van der Waals surface area (Å²) in [6.45, 7) is 6.01. The maximum Gasteiger partial charge on any atom is 0.164 e. The molecule has 0 aromatic heterocycles. The highest BCUT2D eigenvalue weighted by molar-refractivity contribution is 5.20. The Morgan fingerprint density at radius 2 is 1.95 bits per heavy atom. The zero-order valence-corrected chi connectivity index (χ0v) is 11.7. The van der Waals surface area contributed by atoms with E-state index >= 15 is 0 Å². The van der Waals surface area contributed by atoms with E-state index in [1.165, 1.54) is 0 Å². The topological polar surface area (TPSA) is 38.7 Å². The molecule has 1 aromatic rings. The largest absolute Gasteiger partial charge is 0.392 e. The van der Waals surface area contributed by atoms with E-state index in [-0.39, 0.29) is 24.7 Å². The number of benzene rings is 1. The van der Waals surface area contributed by atoms with Crippen molar-refractivity contribution in [2.45, 2.75) is 38.8 Å². The van der Waals surface area contributed by atoms with Crippen LogP contribution in [-0.4, -0.2) is 23.6 Å². The summed E-state index contributed by atoms with van der Waals surface area (Å²) >= 11 is 0. The highest BCUT2D eigenvalue weighted by atomic mass is 16.8. The van der Waals surface area contributed by atoms with Gasteiger partial charge in [-0.1, -0.05) is 49.4 Å². The fraction of sp³-hybridized carbons (Fsp3) is 0.500. The highest BCUT2D eigenvalue weighted by Gasteiger charge is 2.43. The summed E-state index contributed by atoms with van der Waals surface area (Å²) in [5.41, 5.74) is 1.13. The SMILES string of the molecule is C[C@@H](/C=C/CO)[C@H]1OC(C)(C)O[C@@H]1c1ccccc1. The minimum atomic E-state index is -0.577. The van der Waals surface area contributed by atoms with Crippen molar-refractivity contribution in [3.63, 3.8) is 0 Å². The van der Waals surface area contributed by atoms with Crippen LogP contribution in [0.5, 0.6) is 0 Å². The zero-order chi connectivity index (χ0) is 13.9. The van der Waals surface area contributed by atoms with Crippen LogP contribution in [0.2, 0.25) is 0 Å². The molecule has 1 heterocycles. The van der Waals surface area contributed by atoms with Gasteiger partial charge in [0, 0.05) is 5.92 Å². The molecule has 0 aliphatic carbocycles. The van der Waals surface area contributed by atoms with Gasteiger partial charge in [0.1, 0.15) is 6.10 Å². The quantitative estimate of drug-likeness (QED) is 0.848. The standard InChI is InChI=1S/C16H22O3/c1-12(8-7-11-17)14-15(19-16(2,3)18-14)13-9-5-4-6-10-13/h4-10,12,14-15,17H,11H2,1-3H3/b8-7+/t12-,14+,15+/m0/s1. The lowest BCUT2D eigenvalue weighted by Crippen LogP contribution is -2.25. The van der Waals surface area contributed by atoms with Crippen LogP contribution in [0, 0.1) is 5.92 Å². The number of aliphatic hydroxyl groups excluding tert-OH is 1. The minimum absolute atomic E-state index is 0.0415. The van der Waals surface area contributed by atoms with Crippen molar-refractivity contribution in [1.82, 2.24) is 0 Å². The predicted octanol–water partition coefficient (Wildman–Crippen LogP) is 3.06. The average molecular weight is 262 g/mol. The van der Waals surface area contributed by atoms with Gasteiger partial charge >= 0.3 is 0 Å². The summed E-state index contributed by atoms with van der Waals surface area (Å²) in [6, 6.07) is 10.1. The molecule has 0 amide bonds. The lowest BCUT2D eigenvalue weighted by Gasteiger charge is -2.21. The van der Waals surface area contributed by atoms with Crippen molar-refractivity contribution >= 4 is 0 Å². The van der Waals surface area contributed by atoms with E-state index in [0.29, 0.717) is 0 Å². The molecule has 1 fully saturated rings. The minimum Gasteiger partial charge on any atom is -0.392 e. The van der Waals surface area contributed by atoms with Gasteiger partial charge in [-0.3, -0.25) is 0 Å². The second-order valence-electron chi connectivity index (χ2n) is 5.40. The van der Waals surface area contributed by atoms with E-state index in [1.807, 2.05) is 38.1 Å². The molecule has 104 valence electrons. The normalized spacial score (nSPS) is 27.8. The Labute approximate surface area is 114 Å². The van der Waals surface area contributed by atoms with Crippen molar-refractivity contribution in [3.05, 3.63) is 48.0 Å². The van der Waals surface area contributed by atoms with Gasteiger partial charge in [-0.25, -0.2) is 0 Å². The summed E-state index contributed by atoms with van der Waals surface area (Å²) in [5.74, 6) is -0.397. The van der Waals surface area contributed by atoms with Crippen LogP contribution in [0.3, 0.4) is 0 Å². The second kappa shape index (κ2) is 5.87. The third-order valence-electron chi connectivity index (χ3n) is 3.32. The first kappa shape index (κ1) is 14.3. The molecule has 3 nitrogen and oxygen atoms in total. The molecular formula is C16H22O3. The first-order valence-corrected chi connectivity index (χ1v) is 6.71. The van der Waals surface area contributed by atoms with Gasteiger partial charge in [0.15, 0.2) is 5.79 Å². The van der Waals surface area contributed by atoms with Crippen molar-refractivity contribution < 1.29 is 14.6 Å². The fourth-order valence-electron chi connectivity index (χ4n) is 2.46. The zero-order valence-electron chi connectivity index (χ0n) is 11.7. The third kappa shape index (κ3) is 3.44. The van der Waals surface area contributed by atoms with Crippen LogP contribution in [0.15, 0.2) is 42.5 Å². The van der Waals surface area contributed by atoms with Crippen LogP contribution in [0.1, 0.15) is 32.4 Å². The van der Waals surface area contributed by atoms with E-state index < -0.39 is 5.79 Å². The molecule has 1 aromatic carbocycles. The van der Waals surface area contributed by atoms with Crippen molar-refractivity contribution in [1.29, 1.82) is 0 Å². The summed E-state index contributed by atoms with van der Waals surface area (Å²) < 4.78 is 12.0. The Balaban J connectivity index is 2.22. The number of hydrogen-bond donors (Lipinski definition) is 1. The van der Waals surface area contributed by atoms with Gasteiger partial charge in [-0.2, -0.15) is 0 Å². The van der Waals surface area contributed by atoms with Crippen molar-refractivity contribution in [2.24, 2.45) is 5.92 Å². The summed E-state index contributed by atoms with van der Waals surface area (Å²) in [7, 11) is 0. The van der Waals surface area contributed by atoms with Gasteiger partial charge in [0.2, 0.25) is 0 Å². The van der Waals surface area contributed by atoms with E-state index in [4.69, 9.17) is 14.6 Å². The highest BCUT2D eigenvalue weighted by Crippen LogP contribution is 2.41. The Bertz CT molecular complexity index is 425. The summed E-state index contributed by atoms with van der Waals surface area (Å²) in [5, 5.41) is 8.88. The smallest absolute Gasteiger partial charge is 0.164 e. The second-order valence-corrected chi connectivity index (χ2v) is 5.40. The molecule has 0 spiro atoms. The van der Waals surface area contributed by atoms with Gasteiger partial charge in [-0.15, -0.1) is 0 Å². The average Bonchev–Trinajstić information content (AvgIpc) is 2.73. The predicted molar refractivity (Wildman–Crippen MR) is 74.6 cm³/mol. The third-order valence-corrected chi connectivity index (χ3v) is 3.32. The first-order valence-electron chi connectivity index (χ1n) is 6.71. The molecule has 1 saturated heterocycles. The maximum absolute atomic E-state index is 8.88. The number of rotatable bonds is 4. The molecule has 3 heteroatoms. The number of hydrogen-bond acceptors (Lipinski definition) is 3. The molecule has 1 aliphatic heterocycles.